The van der Waals surface area contributed by atoms with Crippen LogP contribution in [-0.4, -0.2) is 4.98 Å². The average molecular weight is 330 g/mol. The largest absolute Gasteiger partial charge is 0.489 e. The maximum Gasteiger partial charge on any atom is 0.140 e. The minimum atomic E-state index is 0.410. The molecule has 0 N–H and O–H groups in total. The minimum Gasteiger partial charge on any atom is -0.489 e. The van der Waals surface area contributed by atoms with Gasteiger partial charge in [-0.1, -0.05) is 42.5 Å². The second-order valence-corrected chi connectivity index (χ2v) is 5.55. The van der Waals surface area contributed by atoms with E-state index < -0.39 is 0 Å². The quantitative estimate of drug-likeness (QED) is 0.661. The lowest BCUT2D eigenvalue weighted by Crippen LogP contribution is -1.97. The van der Waals surface area contributed by atoms with Crippen molar-refractivity contribution < 1.29 is 4.74 Å². The normalized spacial score (nSPS) is 12.2. The van der Waals surface area contributed by atoms with Crippen molar-refractivity contribution in [3.63, 3.8) is 0 Å². The van der Waals surface area contributed by atoms with Crippen LogP contribution in [0.3, 0.4) is 0 Å². The summed E-state index contributed by atoms with van der Waals surface area (Å²) in [6.07, 6.45) is 9.96. The van der Waals surface area contributed by atoms with E-state index in [-0.39, 0.29) is 0 Å². The summed E-state index contributed by atoms with van der Waals surface area (Å²) < 4.78 is 5.80. The van der Waals surface area contributed by atoms with Crippen molar-refractivity contribution >= 4 is 5.57 Å². The molecular weight excluding hydrogens is 308 g/mol. The SMILES string of the molecule is C\C=C/C=C(\C(C)=C\C)c1ccc(OCc2ccc(C#N)nc2)cc1. The molecule has 0 spiro atoms. The van der Waals surface area contributed by atoms with E-state index >= 15 is 0 Å². The Balaban J connectivity index is 2.09. The Bertz CT molecular complexity index is 820. The van der Waals surface area contributed by atoms with Gasteiger partial charge < -0.3 is 4.74 Å². The number of hydrogen-bond donors (Lipinski definition) is 0. The van der Waals surface area contributed by atoms with E-state index in [0.29, 0.717) is 12.3 Å². The Labute approximate surface area is 149 Å². The molecule has 3 heteroatoms. The summed E-state index contributed by atoms with van der Waals surface area (Å²) in [5.41, 5.74) is 4.93. The summed E-state index contributed by atoms with van der Waals surface area (Å²) in [7, 11) is 0. The van der Waals surface area contributed by atoms with E-state index in [0.717, 1.165) is 16.9 Å². The summed E-state index contributed by atoms with van der Waals surface area (Å²) >= 11 is 0. The Morgan fingerprint density at radius 2 is 1.92 bits per heavy atom. The van der Waals surface area contributed by atoms with E-state index in [9.17, 15) is 0 Å². The monoisotopic (exact) mass is 330 g/mol. The van der Waals surface area contributed by atoms with E-state index in [4.69, 9.17) is 10.00 Å². The number of allylic oxidation sites excluding steroid dienone is 6. The van der Waals surface area contributed by atoms with Crippen molar-refractivity contribution in [3.8, 4) is 11.8 Å². The third-order valence-electron chi connectivity index (χ3n) is 3.82. The molecule has 0 aliphatic heterocycles. The highest BCUT2D eigenvalue weighted by molar-refractivity contribution is 5.79. The first-order chi connectivity index (χ1) is 12.2. The molecule has 0 bridgehead atoms. The smallest absolute Gasteiger partial charge is 0.140 e. The van der Waals surface area contributed by atoms with Gasteiger partial charge in [0.05, 0.1) is 0 Å². The summed E-state index contributed by atoms with van der Waals surface area (Å²) in [5, 5.41) is 8.76. The van der Waals surface area contributed by atoms with Crippen molar-refractivity contribution in [2.45, 2.75) is 27.4 Å². The lowest BCUT2D eigenvalue weighted by molar-refractivity contribution is 0.305. The third kappa shape index (κ3) is 5.19. The molecule has 0 amide bonds. The molecule has 0 radical (unpaired) electrons. The van der Waals surface area contributed by atoms with Gasteiger partial charge in [-0.05, 0) is 55.7 Å². The topological polar surface area (TPSA) is 45.9 Å². The van der Waals surface area contributed by atoms with Crippen molar-refractivity contribution in [1.29, 1.82) is 5.26 Å². The molecule has 0 saturated carbocycles. The number of nitriles is 1. The molecule has 3 nitrogen and oxygen atoms in total. The molecule has 1 aromatic heterocycles. The summed E-state index contributed by atoms with van der Waals surface area (Å²) in [6.45, 7) is 6.58. The number of aromatic nitrogens is 1. The zero-order chi connectivity index (χ0) is 18.1. The van der Waals surface area contributed by atoms with Crippen LogP contribution in [0.2, 0.25) is 0 Å². The standard InChI is InChI=1S/C22H22N2O/c1-4-6-7-22(17(3)5-2)19-9-12-21(13-10-19)25-16-18-8-11-20(14-23)24-15-18/h4-13,15H,16H2,1-3H3/b6-4-,17-5+,22-7+. The fourth-order valence-corrected chi connectivity index (χ4v) is 2.28. The third-order valence-corrected chi connectivity index (χ3v) is 3.82. The predicted molar refractivity (Wildman–Crippen MR) is 102 cm³/mol. The van der Waals surface area contributed by atoms with Crippen LogP contribution in [0.5, 0.6) is 5.75 Å². The van der Waals surface area contributed by atoms with Crippen LogP contribution in [0.25, 0.3) is 5.57 Å². The highest BCUT2D eigenvalue weighted by atomic mass is 16.5. The molecule has 0 aliphatic rings. The first-order valence-electron chi connectivity index (χ1n) is 8.22. The van der Waals surface area contributed by atoms with Crippen LogP contribution >= 0.6 is 0 Å². The number of benzene rings is 1. The first kappa shape index (κ1) is 18.2. The molecule has 126 valence electrons. The number of nitrogens with zero attached hydrogens (tertiary/aromatic N) is 2. The molecule has 1 heterocycles. The van der Waals surface area contributed by atoms with E-state index in [1.165, 1.54) is 11.1 Å². The first-order valence-corrected chi connectivity index (χ1v) is 8.22. The van der Waals surface area contributed by atoms with Gasteiger partial charge in [-0.2, -0.15) is 5.26 Å². The Morgan fingerprint density at radius 3 is 2.48 bits per heavy atom. The maximum atomic E-state index is 8.76. The van der Waals surface area contributed by atoms with Gasteiger partial charge in [-0.3, -0.25) is 0 Å². The Kier molecular flexibility index (Phi) is 6.74. The van der Waals surface area contributed by atoms with Gasteiger partial charge in [0, 0.05) is 11.8 Å². The molecule has 2 aromatic rings. The highest BCUT2D eigenvalue weighted by Gasteiger charge is 2.04. The average Bonchev–Trinajstić information content (AvgIpc) is 2.67. The number of ether oxygens (including phenoxy) is 1. The van der Waals surface area contributed by atoms with E-state index in [1.807, 2.05) is 50.3 Å². The van der Waals surface area contributed by atoms with Crippen LogP contribution in [0.4, 0.5) is 0 Å². The summed E-state index contributed by atoms with van der Waals surface area (Å²) in [4.78, 5) is 4.04. The molecule has 1 aromatic carbocycles. The minimum absolute atomic E-state index is 0.410. The van der Waals surface area contributed by atoms with Gasteiger partial charge in [0.15, 0.2) is 0 Å². The van der Waals surface area contributed by atoms with Crippen LogP contribution < -0.4 is 4.74 Å². The lowest BCUT2D eigenvalue weighted by atomic mass is 9.98. The zero-order valence-electron chi connectivity index (χ0n) is 14.9. The molecule has 25 heavy (non-hydrogen) atoms. The molecule has 0 saturated heterocycles. The van der Waals surface area contributed by atoms with Gasteiger partial charge in [0.2, 0.25) is 0 Å². The van der Waals surface area contributed by atoms with Gasteiger partial charge in [0.25, 0.3) is 0 Å². The second kappa shape index (κ2) is 9.24. The highest BCUT2D eigenvalue weighted by Crippen LogP contribution is 2.25. The Hall–Kier alpha value is -3.12. The van der Waals surface area contributed by atoms with E-state index in [2.05, 4.69) is 36.2 Å². The molecule has 0 atom stereocenters. The van der Waals surface area contributed by atoms with Gasteiger partial charge in [-0.25, -0.2) is 4.98 Å². The maximum absolute atomic E-state index is 8.76. The number of pyridine rings is 1. The fourth-order valence-electron chi connectivity index (χ4n) is 2.28. The molecular formula is C22H22N2O. The van der Waals surface area contributed by atoms with Crippen molar-refractivity contribution in [2.75, 3.05) is 0 Å². The van der Waals surface area contributed by atoms with Crippen molar-refractivity contribution in [3.05, 3.63) is 89.3 Å². The fraction of sp³-hybridized carbons (Fsp3) is 0.182. The van der Waals surface area contributed by atoms with Crippen LogP contribution in [-0.2, 0) is 6.61 Å². The summed E-state index contributed by atoms with van der Waals surface area (Å²) in [5.74, 6) is 0.802. The molecule has 2 rings (SSSR count). The number of hydrogen-bond acceptors (Lipinski definition) is 3. The Morgan fingerprint density at radius 1 is 1.16 bits per heavy atom. The van der Waals surface area contributed by atoms with Gasteiger partial charge in [0.1, 0.15) is 24.1 Å². The van der Waals surface area contributed by atoms with Crippen molar-refractivity contribution in [1.82, 2.24) is 4.98 Å². The molecule has 0 unspecified atom stereocenters. The van der Waals surface area contributed by atoms with Crippen LogP contribution in [0.15, 0.2) is 72.5 Å². The molecule has 0 fully saturated rings. The number of rotatable bonds is 6. The van der Waals surface area contributed by atoms with Gasteiger partial charge >= 0.3 is 0 Å². The van der Waals surface area contributed by atoms with Crippen molar-refractivity contribution in [2.24, 2.45) is 0 Å². The van der Waals surface area contributed by atoms with E-state index in [1.54, 1.807) is 12.3 Å². The van der Waals surface area contributed by atoms with Crippen LogP contribution in [0.1, 0.15) is 37.6 Å². The lowest BCUT2D eigenvalue weighted by Gasteiger charge is -2.10. The van der Waals surface area contributed by atoms with Gasteiger partial charge in [-0.15, -0.1) is 0 Å². The van der Waals surface area contributed by atoms with Crippen LogP contribution in [0, 0.1) is 11.3 Å². The predicted octanol–water partition coefficient (Wildman–Crippen LogP) is 5.46. The second-order valence-electron chi connectivity index (χ2n) is 5.55. The summed E-state index contributed by atoms with van der Waals surface area (Å²) in [6, 6.07) is 13.6. The molecule has 0 aliphatic carbocycles. The zero-order valence-corrected chi connectivity index (χ0v) is 14.9.